The lowest BCUT2D eigenvalue weighted by Crippen LogP contribution is -2.40. The Morgan fingerprint density at radius 1 is 1.44 bits per heavy atom. The van der Waals surface area contributed by atoms with Gasteiger partial charge in [-0.2, -0.15) is 5.10 Å². The Morgan fingerprint density at radius 3 is 2.96 bits per heavy atom. The van der Waals surface area contributed by atoms with Crippen LogP contribution in [0.2, 0.25) is 5.02 Å². The third kappa shape index (κ3) is 4.38. The number of piperidine rings is 1. The molecule has 2 aromatic rings. The summed E-state index contributed by atoms with van der Waals surface area (Å²) in [6.45, 7) is 3.17. The summed E-state index contributed by atoms with van der Waals surface area (Å²) in [4.78, 5) is 15.0. The molecule has 2 heterocycles. The van der Waals surface area contributed by atoms with Gasteiger partial charge in [-0.15, -0.1) is 0 Å². The molecule has 0 aliphatic carbocycles. The highest BCUT2D eigenvalue weighted by atomic mass is 35.5. The second-order valence-electron chi connectivity index (χ2n) is 6.27. The number of rotatable bonds is 6. The first-order chi connectivity index (χ1) is 12.1. The highest BCUT2D eigenvalue weighted by molar-refractivity contribution is 6.30. The molecule has 0 spiro atoms. The Kier molecular flexibility index (Phi) is 5.71. The maximum Gasteiger partial charge on any atom is 0.167 e. The maximum atomic E-state index is 13.9. The lowest BCUT2D eigenvalue weighted by atomic mass is 9.90. The van der Waals surface area contributed by atoms with Gasteiger partial charge in [0.05, 0.1) is 24.9 Å². The molecular formula is C18H21ClFN3O2. The molecule has 3 rings (SSSR count). The minimum atomic E-state index is -0.503. The number of Topliss-reactive ketones (excluding diaryl/α,β-unsaturated/α-hetero) is 1. The summed E-state index contributed by atoms with van der Waals surface area (Å²) in [6.07, 6.45) is 5.18. The third-order valence-corrected chi connectivity index (χ3v) is 4.75. The van der Waals surface area contributed by atoms with Crippen LogP contribution in [0.5, 0.6) is 5.75 Å². The van der Waals surface area contributed by atoms with E-state index in [1.807, 2.05) is 0 Å². The molecule has 1 saturated heterocycles. The summed E-state index contributed by atoms with van der Waals surface area (Å²) < 4.78 is 20.6. The molecule has 1 aliphatic rings. The van der Waals surface area contributed by atoms with Crippen molar-refractivity contribution in [2.75, 3.05) is 26.7 Å². The molecule has 0 amide bonds. The molecule has 7 heteroatoms. The quantitative estimate of drug-likeness (QED) is 0.737. The van der Waals surface area contributed by atoms with Crippen LogP contribution in [0.4, 0.5) is 4.39 Å². The van der Waals surface area contributed by atoms with Crippen LogP contribution in [0.1, 0.15) is 23.2 Å². The highest BCUT2D eigenvalue weighted by Crippen LogP contribution is 2.24. The summed E-state index contributed by atoms with van der Waals surface area (Å²) in [5.74, 6) is -0.465. The fourth-order valence-electron chi connectivity index (χ4n) is 3.23. The van der Waals surface area contributed by atoms with E-state index in [0.29, 0.717) is 17.1 Å². The van der Waals surface area contributed by atoms with Gasteiger partial charge in [-0.3, -0.25) is 9.48 Å². The van der Waals surface area contributed by atoms with Gasteiger partial charge in [0.2, 0.25) is 0 Å². The number of carbonyl (C=O) groups excluding carboxylic acids is 1. The third-order valence-electron chi connectivity index (χ3n) is 4.56. The predicted octanol–water partition coefficient (Wildman–Crippen LogP) is 3.28. The summed E-state index contributed by atoms with van der Waals surface area (Å²) in [6, 6.07) is 4.41. The van der Waals surface area contributed by atoms with Crippen molar-refractivity contribution in [1.82, 2.24) is 14.7 Å². The largest absolute Gasteiger partial charge is 0.494 e. The van der Waals surface area contributed by atoms with Crippen LogP contribution in [0.15, 0.2) is 30.6 Å². The van der Waals surface area contributed by atoms with E-state index in [9.17, 15) is 9.18 Å². The first kappa shape index (κ1) is 17.9. The van der Waals surface area contributed by atoms with E-state index in [4.69, 9.17) is 16.3 Å². The van der Waals surface area contributed by atoms with Gasteiger partial charge in [0.25, 0.3) is 0 Å². The second-order valence-corrected chi connectivity index (χ2v) is 6.71. The Balaban J connectivity index is 1.60. The molecule has 1 aromatic heterocycles. The minimum absolute atomic E-state index is 0.00612. The normalized spacial score (nSPS) is 18.3. The van der Waals surface area contributed by atoms with Gasteiger partial charge in [0.1, 0.15) is 0 Å². The lowest BCUT2D eigenvalue weighted by molar-refractivity contribution is 0.0814. The monoisotopic (exact) mass is 365 g/mol. The first-order valence-corrected chi connectivity index (χ1v) is 8.72. The van der Waals surface area contributed by atoms with Gasteiger partial charge in [0.15, 0.2) is 17.3 Å². The Labute approximate surface area is 151 Å². The molecule has 0 unspecified atom stereocenters. The topological polar surface area (TPSA) is 47.4 Å². The lowest BCUT2D eigenvalue weighted by Gasteiger charge is -2.32. The summed E-state index contributed by atoms with van der Waals surface area (Å²) in [7, 11) is 1.41. The SMILES string of the molecule is COc1ccc(C(=O)[C@H]2CCCN(CCn3cc(Cl)cn3)C2)cc1F. The summed E-state index contributed by atoms with van der Waals surface area (Å²) >= 11 is 5.87. The van der Waals surface area contributed by atoms with E-state index < -0.39 is 5.82 Å². The molecule has 5 nitrogen and oxygen atoms in total. The van der Waals surface area contributed by atoms with E-state index in [0.717, 1.165) is 32.5 Å². The summed E-state index contributed by atoms with van der Waals surface area (Å²) in [5.41, 5.74) is 0.406. The van der Waals surface area contributed by atoms with Crippen LogP contribution in [0, 0.1) is 11.7 Å². The number of methoxy groups -OCH3 is 1. The van der Waals surface area contributed by atoms with Gasteiger partial charge in [-0.25, -0.2) is 4.39 Å². The molecule has 0 radical (unpaired) electrons. The summed E-state index contributed by atoms with van der Waals surface area (Å²) in [5, 5.41) is 4.78. The number of hydrogen-bond acceptors (Lipinski definition) is 4. The van der Waals surface area contributed by atoms with Gasteiger partial charge in [0, 0.05) is 30.8 Å². The number of carbonyl (C=O) groups is 1. The minimum Gasteiger partial charge on any atom is -0.494 e. The first-order valence-electron chi connectivity index (χ1n) is 8.35. The molecule has 25 heavy (non-hydrogen) atoms. The molecule has 0 saturated carbocycles. The van der Waals surface area contributed by atoms with Crippen molar-refractivity contribution in [3.63, 3.8) is 0 Å². The molecule has 1 aromatic carbocycles. The van der Waals surface area contributed by atoms with Crippen molar-refractivity contribution in [2.45, 2.75) is 19.4 Å². The van der Waals surface area contributed by atoms with Crippen LogP contribution < -0.4 is 4.74 Å². The maximum absolute atomic E-state index is 13.9. The number of halogens is 2. The molecular weight excluding hydrogens is 345 g/mol. The van der Waals surface area contributed by atoms with Crippen molar-refractivity contribution in [3.05, 3.63) is 47.0 Å². The van der Waals surface area contributed by atoms with Crippen LogP contribution in [-0.2, 0) is 6.54 Å². The van der Waals surface area contributed by atoms with Crippen molar-refractivity contribution < 1.29 is 13.9 Å². The van der Waals surface area contributed by atoms with E-state index in [2.05, 4.69) is 10.00 Å². The Morgan fingerprint density at radius 2 is 2.28 bits per heavy atom. The van der Waals surface area contributed by atoms with Crippen molar-refractivity contribution in [3.8, 4) is 5.75 Å². The molecule has 1 fully saturated rings. The van der Waals surface area contributed by atoms with Crippen molar-refractivity contribution in [1.29, 1.82) is 0 Å². The number of ketones is 1. The number of nitrogens with zero attached hydrogens (tertiary/aromatic N) is 3. The van der Waals surface area contributed by atoms with E-state index in [1.54, 1.807) is 23.1 Å². The second kappa shape index (κ2) is 7.97. The van der Waals surface area contributed by atoms with Crippen LogP contribution >= 0.6 is 11.6 Å². The number of likely N-dealkylation sites (tertiary alicyclic amines) is 1. The van der Waals surface area contributed by atoms with E-state index >= 15 is 0 Å². The van der Waals surface area contributed by atoms with Crippen LogP contribution in [-0.4, -0.2) is 47.2 Å². The fraction of sp³-hybridized carbons (Fsp3) is 0.444. The smallest absolute Gasteiger partial charge is 0.167 e. The Bertz CT molecular complexity index is 750. The number of ether oxygens (including phenoxy) is 1. The van der Waals surface area contributed by atoms with Gasteiger partial charge in [-0.1, -0.05) is 11.6 Å². The molecule has 1 atom stereocenters. The number of aromatic nitrogens is 2. The van der Waals surface area contributed by atoms with Gasteiger partial charge >= 0.3 is 0 Å². The fourth-order valence-corrected chi connectivity index (χ4v) is 3.39. The molecule has 0 bridgehead atoms. The average Bonchev–Trinajstić information content (AvgIpc) is 3.05. The molecule has 1 aliphatic heterocycles. The average molecular weight is 366 g/mol. The van der Waals surface area contributed by atoms with Crippen LogP contribution in [0.25, 0.3) is 0 Å². The van der Waals surface area contributed by atoms with Crippen molar-refractivity contribution >= 4 is 17.4 Å². The van der Waals surface area contributed by atoms with E-state index in [-0.39, 0.29) is 17.5 Å². The standard InChI is InChI=1S/C18H21ClFN3O2/c1-25-17-5-4-13(9-16(17)20)18(24)14-3-2-6-22(11-14)7-8-23-12-15(19)10-21-23/h4-5,9-10,12,14H,2-3,6-8,11H2,1H3/t14-/m0/s1. The zero-order valence-electron chi connectivity index (χ0n) is 14.1. The van der Waals surface area contributed by atoms with Gasteiger partial charge < -0.3 is 9.64 Å². The molecule has 134 valence electrons. The zero-order valence-corrected chi connectivity index (χ0v) is 14.9. The zero-order chi connectivity index (χ0) is 17.8. The number of hydrogen-bond donors (Lipinski definition) is 0. The highest BCUT2D eigenvalue weighted by Gasteiger charge is 2.27. The Hall–Kier alpha value is -1.92. The van der Waals surface area contributed by atoms with Crippen molar-refractivity contribution in [2.24, 2.45) is 5.92 Å². The predicted molar refractivity (Wildman–Crippen MR) is 93.7 cm³/mol. The van der Waals surface area contributed by atoms with Crippen LogP contribution in [0.3, 0.4) is 0 Å². The van der Waals surface area contributed by atoms with Gasteiger partial charge in [-0.05, 0) is 37.6 Å². The molecule has 0 N–H and O–H groups in total. The number of benzene rings is 1. The van der Waals surface area contributed by atoms with E-state index in [1.165, 1.54) is 19.2 Å².